The minimum absolute atomic E-state index is 0.240. The lowest BCUT2D eigenvalue weighted by Crippen LogP contribution is -2.32. The average Bonchev–Trinajstić information content (AvgIpc) is 3.17. The molecular weight excluding hydrogens is 446 g/mol. The summed E-state index contributed by atoms with van der Waals surface area (Å²) >= 11 is 12.8. The molecule has 0 saturated carbocycles. The molecule has 154 valence electrons. The first kappa shape index (κ1) is 21.2. The van der Waals surface area contributed by atoms with Crippen LogP contribution in [0.15, 0.2) is 78.9 Å². The number of fused-ring (bicyclic) bond motifs is 1. The van der Waals surface area contributed by atoms with E-state index in [1.807, 2.05) is 54.6 Å². The summed E-state index contributed by atoms with van der Waals surface area (Å²) in [6, 6.07) is 23.3. The van der Waals surface area contributed by atoms with Gasteiger partial charge in [-0.15, -0.1) is 11.3 Å². The fourth-order valence-electron chi connectivity index (χ4n) is 2.94. The molecule has 0 bridgehead atoms. The Morgan fingerprint density at radius 2 is 1.77 bits per heavy atom. The van der Waals surface area contributed by atoms with Crippen molar-refractivity contribution in [3.8, 4) is 0 Å². The van der Waals surface area contributed by atoms with Crippen LogP contribution in [-0.2, 0) is 11.2 Å². The van der Waals surface area contributed by atoms with Gasteiger partial charge in [0.15, 0.2) is 5.11 Å². The van der Waals surface area contributed by atoms with E-state index in [0.717, 1.165) is 33.8 Å². The van der Waals surface area contributed by atoms with Crippen LogP contribution in [0.25, 0.3) is 16.3 Å². The van der Waals surface area contributed by atoms with Crippen LogP contribution in [0.4, 0.5) is 5.69 Å². The Hall–Kier alpha value is -3.06. The van der Waals surface area contributed by atoms with Gasteiger partial charge in [-0.2, -0.15) is 0 Å². The van der Waals surface area contributed by atoms with Gasteiger partial charge < -0.3 is 5.32 Å². The molecule has 7 heteroatoms. The fourth-order valence-corrected chi connectivity index (χ4v) is 4.28. The lowest BCUT2D eigenvalue weighted by molar-refractivity contribution is -0.115. The Kier molecular flexibility index (Phi) is 6.72. The van der Waals surface area contributed by atoms with Gasteiger partial charge in [0.25, 0.3) is 0 Å². The number of rotatable bonds is 5. The lowest BCUT2D eigenvalue weighted by Gasteiger charge is -2.08. The molecular formula is C24H18ClN3OS2. The summed E-state index contributed by atoms with van der Waals surface area (Å²) in [6.07, 6.45) is 3.90. The summed E-state index contributed by atoms with van der Waals surface area (Å²) < 4.78 is 1.20. The molecule has 0 aliphatic carbocycles. The molecule has 2 N–H and O–H groups in total. The Morgan fingerprint density at radius 1 is 1.03 bits per heavy atom. The fraction of sp³-hybridized carbons (Fsp3) is 0.0417. The third kappa shape index (κ3) is 5.98. The maximum atomic E-state index is 12.1. The van der Waals surface area contributed by atoms with Crippen molar-refractivity contribution >= 4 is 68.2 Å². The number of nitrogens with one attached hydrogen (secondary N) is 2. The van der Waals surface area contributed by atoms with E-state index < -0.39 is 0 Å². The molecule has 0 atom stereocenters. The number of carbonyl (C=O) groups excluding carboxylic acids is 1. The molecule has 4 nitrogen and oxygen atoms in total. The summed E-state index contributed by atoms with van der Waals surface area (Å²) in [7, 11) is 0. The minimum Gasteiger partial charge on any atom is -0.332 e. The number of anilines is 1. The van der Waals surface area contributed by atoms with Gasteiger partial charge >= 0.3 is 0 Å². The van der Waals surface area contributed by atoms with Crippen molar-refractivity contribution in [1.82, 2.24) is 10.3 Å². The Morgan fingerprint density at radius 3 is 2.52 bits per heavy atom. The quantitative estimate of drug-likeness (QED) is 0.278. The first-order valence-corrected chi connectivity index (χ1v) is 11.1. The molecule has 1 amide bonds. The van der Waals surface area contributed by atoms with Gasteiger partial charge in [-0.3, -0.25) is 10.1 Å². The normalized spacial score (nSPS) is 11.0. The predicted molar refractivity (Wildman–Crippen MR) is 134 cm³/mol. The van der Waals surface area contributed by atoms with E-state index in [9.17, 15) is 4.79 Å². The third-order valence-corrected chi connectivity index (χ3v) is 5.93. The highest BCUT2D eigenvalue weighted by atomic mass is 35.5. The lowest BCUT2D eigenvalue weighted by atomic mass is 10.1. The molecule has 3 aromatic carbocycles. The van der Waals surface area contributed by atoms with Crippen LogP contribution < -0.4 is 10.6 Å². The van der Waals surface area contributed by atoms with Gasteiger partial charge in [0.2, 0.25) is 5.91 Å². The van der Waals surface area contributed by atoms with E-state index in [4.69, 9.17) is 23.8 Å². The van der Waals surface area contributed by atoms with Crippen LogP contribution in [0.2, 0.25) is 5.02 Å². The number of thiocarbonyl (C=S) groups is 1. The Labute approximate surface area is 194 Å². The molecule has 0 radical (unpaired) electrons. The minimum atomic E-state index is -0.306. The van der Waals surface area contributed by atoms with Crippen molar-refractivity contribution in [3.05, 3.63) is 100 Å². The number of para-hydroxylation sites is 1. The highest BCUT2D eigenvalue weighted by Crippen LogP contribution is 2.24. The third-order valence-electron chi connectivity index (χ3n) is 4.44. The first-order chi connectivity index (χ1) is 15.0. The van der Waals surface area contributed by atoms with Gasteiger partial charge in [0, 0.05) is 23.2 Å². The molecule has 0 aliphatic heterocycles. The summed E-state index contributed by atoms with van der Waals surface area (Å²) in [5.74, 6) is -0.306. The number of hydrogen-bond donors (Lipinski definition) is 2. The smallest absolute Gasteiger partial charge is 0.250 e. The van der Waals surface area contributed by atoms with E-state index in [1.165, 1.54) is 10.8 Å². The number of amides is 1. The molecule has 0 aliphatic rings. The summed E-state index contributed by atoms with van der Waals surface area (Å²) in [4.78, 5) is 16.7. The highest BCUT2D eigenvalue weighted by molar-refractivity contribution is 7.80. The van der Waals surface area contributed by atoms with Crippen molar-refractivity contribution < 1.29 is 4.79 Å². The van der Waals surface area contributed by atoms with E-state index >= 15 is 0 Å². The molecule has 0 unspecified atom stereocenters. The molecule has 31 heavy (non-hydrogen) atoms. The molecule has 4 aromatic rings. The van der Waals surface area contributed by atoms with Crippen LogP contribution in [-0.4, -0.2) is 16.0 Å². The number of halogens is 1. The zero-order valence-electron chi connectivity index (χ0n) is 16.3. The molecule has 0 spiro atoms. The number of hydrogen-bond acceptors (Lipinski definition) is 4. The SMILES string of the molecule is O=C(/C=C/c1ccc(Cl)cc1)NC(=S)Nc1ccc(Cc2nc3ccccc3s2)cc1. The Bertz CT molecular complexity index is 1220. The van der Waals surface area contributed by atoms with E-state index in [1.54, 1.807) is 29.5 Å². The number of nitrogens with zero attached hydrogens (tertiary/aromatic N) is 1. The van der Waals surface area contributed by atoms with Gasteiger partial charge in [-0.05, 0) is 65.8 Å². The van der Waals surface area contributed by atoms with Crippen molar-refractivity contribution in [3.63, 3.8) is 0 Å². The summed E-state index contributed by atoms with van der Waals surface area (Å²) in [5, 5.41) is 7.64. The number of thiazole rings is 1. The largest absolute Gasteiger partial charge is 0.332 e. The second-order valence-corrected chi connectivity index (χ2v) is 8.74. The zero-order valence-corrected chi connectivity index (χ0v) is 18.7. The maximum Gasteiger partial charge on any atom is 0.250 e. The van der Waals surface area contributed by atoms with Crippen LogP contribution in [0.3, 0.4) is 0 Å². The first-order valence-electron chi connectivity index (χ1n) is 9.54. The van der Waals surface area contributed by atoms with Crippen LogP contribution in [0.5, 0.6) is 0 Å². The number of aromatic nitrogens is 1. The zero-order chi connectivity index (χ0) is 21.6. The number of carbonyl (C=O) groups is 1. The van der Waals surface area contributed by atoms with Crippen molar-refractivity contribution in [2.24, 2.45) is 0 Å². The van der Waals surface area contributed by atoms with Gasteiger partial charge in [0.1, 0.15) is 0 Å². The topological polar surface area (TPSA) is 54.0 Å². The molecule has 4 rings (SSSR count). The summed E-state index contributed by atoms with van der Waals surface area (Å²) in [5.41, 5.74) is 3.87. The Balaban J connectivity index is 1.30. The van der Waals surface area contributed by atoms with Crippen molar-refractivity contribution in [1.29, 1.82) is 0 Å². The highest BCUT2D eigenvalue weighted by Gasteiger charge is 2.06. The average molecular weight is 464 g/mol. The molecule has 0 fully saturated rings. The van der Waals surface area contributed by atoms with Crippen molar-refractivity contribution in [2.75, 3.05) is 5.32 Å². The summed E-state index contributed by atoms with van der Waals surface area (Å²) in [6.45, 7) is 0. The monoisotopic (exact) mass is 463 g/mol. The van der Waals surface area contributed by atoms with Gasteiger partial charge in [-0.25, -0.2) is 4.98 Å². The standard InChI is InChI=1S/C24H18ClN3OS2/c25-18-10-5-16(6-11-18)9-14-22(29)28-24(30)26-19-12-7-17(8-13-19)15-23-27-20-3-1-2-4-21(20)31-23/h1-14H,15H2,(H2,26,28,29,30)/b14-9+. The maximum absolute atomic E-state index is 12.1. The van der Waals surface area contributed by atoms with E-state index in [2.05, 4.69) is 21.7 Å². The molecule has 1 heterocycles. The second-order valence-electron chi connectivity index (χ2n) is 6.78. The van der Waals surface area contributed by atoms with Crippen LogP contribution in [0, 0.1) is 0 Å². The van der Waals surface area contributed by atoms with Gasteiger partial charge in [0.05, 0.1) is 15.2 Å². The van der Waals surface area contributed by atoms with E-state index in [-0.39, 0.29) is 11.0 Å². The number of benzene rings is 3. The van der Waals surface area contributed by atoms with Crippen molar-refractivity contribution in [2.45, 2.75) is 6.42 Å². The second kappa shape index (κ2) is 9.83. The van der Waals surface area contributed by atoms with E-state index in [0.29, 0.717) is 5.02 Å². The van der Waals surface area contributed by atoms with Gasteiger partial charge in [-0.1, -0.05) is 48.0 Å². The predicted octanol–water partition coefficient (Wildman–Crippen LogP) is 6.07. The van der Waals surface area contributed by atoms with Crippen LogP contribution in [0.1, 0.15) is 16.1 Å². The molecule has 0 saturated heterocycles. The van der Waals surface area contributed by atoms with Crippen LogP contribution >= 0.6 is 35.2 Å². The molecule has 1 aromatic heterocycles.